The molecule has 0 aliphatic carbocycles. The van der Waals surface area contributed by atoms with Crippen LogP contribution in [0.4, 0.5) is 11.4 Å². The highest BCUT2D eigenvalue weighted by molar-refractivity contribution is 7.92. The van der Waals surface area contributed by atoms with Gasteiger partial charge in [0, 0.05) is 47.3 Å². The molecule has 2 amide bonds. The lowest BCUT2D eigenvalue weighted by Gasteiger charge is -2.33. The fourth-order valence-electron chi connectivity index (χ4n) is 4.08. The Morgan fingerprint density at radius 1 is 1.00 bits per heavy atom. The first-order chi connectivity index (χ1) is 18.9. The van der Waals surface area contributed by atoms with E-state index in [1.165, 1.54) is 23.1 Å². The molecule has 10 nitrogen and oxygen atoms in total. The predicted molar refractivity (Wildman–Crippen MR) is 155 cm³/mol. The average molecular weight is 608 g/mol. The molecule has 0 aromatic heterocycles. The summed E-state index contributed by atoms with van der Waals surface area (Å²) in [6.07, 6.45) is 1.01. The van der Waals surface area contributed by atoms with Gasteiger partial charge in [-0.05, 0) is 30.7 Å². The van der Waals surface area contributed by atoms with Crippen molar-refractivity contribution in [2.24, 2.45) is 0 Å². The smallest absolute Gasteiger partial charge is 0.271 e. The Hall–Kier alpha value is -3.67. The van der Waals surface area contributed by atoms with E-state index in [1.54, 1.807) is 37.3 Å². The summed E-state index contributed by atoms with van der Waals surface area (Å²) in [4.78, 5) is 39.2. The first-order valence-corrected chi connectivity index (χ1v) is 14.8. The number of halogens is 2. The van der Waals surface area contributed by atoms with Crippen molar-refractivity contribution in [3.05, 3.63) is 104 Å². The first-order valence-electron chi connectivity index (χ1n) is 12.2. The van der Waals surface area contributed by atoms with Gasteiger partial charge in [0.2, 0.25) is 21.8 Å². The van der Waals surface area contributed by atoms with Crippen LogP contribution in [-0.2, 0) is 32.6 Å². The van der Waals surface area contributed by atoms with E-state index in [4.69, 9.17) is 23.2 Å². The van der Waals surface area contributed by atoms with Crippen molar-refractivity contribution in [3.8, 4) is 0 Å². The number of non-ortho nitro benzene ring substituents is 1. The van der Waals surface area contributed by atoms with E-state index in [0.717, 1.165) is 22.2 Å². The minimum Gasteiger partial charge on any atom is -0.355 e. The molecule has 0 heterocycles. The number of anilines is 1. The predicted octanol–water partition coefficient (Wildman–Crippen LogP) is 4.44. The standard InChI is InChI=1S/C27H28Cl2N4O6S/c1-3-30-27(35)25(15-19-9-5-4-6-10-19)31(17-22-23(28)13-8-14-24(22)29)26(34)18-32(40(2,38)39)20-11-7-12-21(16-20)33(36)37/h4-14,16,25H,3,15,17-18H2,1-2H3,(H,30,35)/t25-/m0/s1. The summed E-state index contributed by atoms with van der Waals surface area (Å²) in [5.41, 5.74) is 0.726. The molecule has 0 aliphatic rings. The Kier molecular flexibility index (Phi) is 10.5. The third kappa shape index (κ3) is 7.93. The number of amides is 2. The first kappa shape index (κ1) is 30.9. The molecule has 3 rings (SSSR count). The minimum atomic E-state index is -4.08. The number of nitrogens with zero attached hydrogens (tertiary/aromatic N) is 3. The molecule has 3 aromatic carbocycles. The van der Waals surface area contributed by atoms with Gasteiger partial charge in [-0.25, -0.2) is 8.42 Å². The summed E-state index contributed by atoms with van der Waals surface area (Å²) in [5, 5.41) is 14.6. The lowest BCUT2D eigenvalue weighted by Crippen LogP contribution is -2.53. The topological polar surface area (TPSA) is 130 Å². The molecule has 0 saturated heterocycles. The number of likely N-dealkylation sites (N-methyl/N-ethyl adjacent to an activating group) is 1. The maximum absolute atomic E-state index is 14.0. The molecule has 1 atom stereocenters. The largest absolute Gasteiger partial charge is 0.355 e. The summed E-state index contributed by atoms with van der Waals surface area (Å²) in [6.45, 7) is 1.11. The van der Waals surface area contributed by atoms with Crippen molar-refractivity contribution < 1.29 is 22.9 Å². The van der Waals surface area contributed by atoms with Gasteiger partial charge in [-0.1, -0.05) is 65.7 Å². The number of benzene rings is 3. The van der Waals surface area contributed by atoms with E-state index in [9.17, 15) is 28.1 Å². The Balaban J connectivity index is 2.10. The average Bonchev–Trinajstić information content (AvgIpc) is 2.90. The summed E-state index contributed by atoms with van der Waals surface area (Å²) < 4.78 is 26.4. The van der Waals surface area contributed by atoms with Crippen molar-refractivity contribution in [2.45, 2.75) is 25.9 Å². The molecular formula is C27H28Cl2N4O6S. The molecule has 0 radical (unpaired) electrons. The second-order valence-electron chi connectivity index (χ2n) is 8.87. The second-order valence-corrected chi connectivity index (χ2v) is 11.6. The lowest BCUT2D eigenvalue weighted by molar-refractivity contribution is -0.384. The van der Waals surface area contributed by atoms with E-state index >= 15 is 0 Å². The third-order valence-electron chi connectivity index (χ3n) is 6.02. The quantitative estimate of drug-likeness (QED) is 0.239. The molecule has 1 N–H and O–H groups in total. The number of sulfonamides is 1. The highest BCUT2D eigenvalue weighted by Crippen LogP contribution is 2.28. The number of nitro benzene ring substituents is 1. The molecule has 3 aromatic rings. The Bertz CT molecular complexity index is 1470. The van der Waals surface area contributed by atoms with E-state index in [0.29, 0.717) is 12.1 Å². The van der Waals surface area contributed by atoms with Gasteiger partial charge in [0.05, 0.1) is 16.9 Å². The maximum atomic E-state index is 14.0. The number of hydrogen-bond acceptors (Lipinski definition) is 6. The van der Waals surface area contributed by atoms with Gasteiger partial charge in [-0.2, -0.15) is 0 Å². The Morgan fingerprint density at radius 2 is 1.62 bits per heavy atom. The van der Waals surface area contributed by atoms with Crippen LogP contribution < -0.4 is 9.62 Å². The Morgan fingerprint density at radius 3 is 2.20 bits per heavy atom. The zero-order valence-electron chi connectivity index (χ0n) is 21.8. The minimum absolute atomic E-state index is 0.0709. The highest BCUT2D eigenvalue weighted by Gasteiger charge is 2.33. The monoisotopic (exact) mass is 606 g/mol. The Labute approximate surface area is 242 Å². The number of carbonyl (C=O) groups excluding carboxylic acids is 2. The number of carbonyl (C=O) groups is 2. The van der Waals surface area contributed by atoms with Crippen molar-refractivity contribution in [1.82, 2.24) is 10.2 Å². The van der Waals surface area contributed by atoms with E-state index in [1.807, 2.05) is 18.2 Å². The van der Waals surface area contributed by atoms with Crippen LogP contribution in [-0.4, -0.2) is 55.4 Å². The van der Waals surface area contributed by atoms with Crippen LogP contribution in [0.15, 0.2) is 72.8 Å². The number of nitro groups is 1. The molecule has 0 saturated carbocycles. The molecule has 0 unspecified atom stereocenters. The van der Waals surface area contributed by atoms with E-state index < -0.39 is 39.3 Å². The fraction of sp³-hybridized carbons (Fsp3) is 0.259. The molecule has 212 valence electrons. The van der Waals surface area contributed by atoms with Gasteiger partial charge in [-0.3, -0.25) is 24.0 Å². The van der Waals surface area contributed by atoms with Crippen molar-refractivity contribution >= 4 is 56.4 Å². The SMILES string of the molecule is CCNC(=O)[C@H](Cc1ccccc1)N(Cc1c(Cl)cccc1Cl)C(=O)CN(c1cccc([N+](=O)[O-])c1)S(C)(=O)=O. The van der Waals surface area contributed by atoms with Gasteiger partial charge < -0.3 is 10.2 Å². The third-order valence-corrected chi connectivity index (χ3v) is 7.87. The second kappa shape index (κ2) is 13.6. The van der Waals surface area contributed by atoms with Gasteiger partial charge in [0.15, 0.2) is 0 Å². The van der Waals surface area contributed by atoms with Crippen LogP contribution >= 0.6 is 23.2 Å². The van der Waals surface area contributed by atoms with Gasteiger partial charge >= 0.3 is 0 Å². The van der Waals surface area contributed by atoms with Crippen molar-refractivity contribution in [2.75, 3.05) is 23.7 Å². The summed E-state index contributed by atoms with van der Waals surface area (Å²) in [6, 6.07) is 17.7. The van der Waals surface area contributed by atoms with Gasteiger partial charge in [0.25, 0.3) is 5.69 Å². The van der Waals surface area contributed by atoms with Crippen LogP contribution in [0.5, 0.6) is 0 Å². The summed E-state index contributed by atoms with van der Waals surface area (Å²) in [7, 11) is -4.08. The molecule has 40 heavy (non-hydrogen) atoms. The highest BCUT2D eigenvalue weighted by atomic mass is 35.5. The summed E-state index contributed by atoms with van der Waals surface area (Å²) in [5.74, 6) is -1.19. The molecular weight excluding hydrogens is 579 g/mol. The normalized spacial score (nSPS) is 11.9. The molecule has 0 fully saturated rings. The van der Waals surface area contributed by atoms with Gasteiger partial charge in [-0.15, -0.1) is 0 Å². The molecule has 13 heteroatoms. The van der Waals surface area contributed by atoms with Crippen LogP contribution in [0.1, 0.15) is 18.1 Å². The number of hydrogen-bond donors (Lipinski definition) is 1. The number of rotatable bonds is 12. The van der Waals surface area contributed by atoms with Crippen LogP contribution in [0.2, 0.25) is 10.0 Å². The van der Waals surface area contributed by atoms with Crippen LogP contribution in [0.25, 0.3) is 0 Å². The lowest BCUT2D eigenvalue weighted by atomic mass is 10.0. The van der Waals surface area contributed by atoms with E-state index in [-0.39, 0.29) is 34.4 Å². The van der Waals surface area contributed by atoms with Crippen molar-refractivity contribution in [1.29, 1.82) is 0 Å². The fourth-order valence-corrected chi connectivity index (χ4v) is 5.43. The number of nitrogens with one attached hydrogen (secondary N) is 1. The van der Waals surface area contributed by atoms with Gasteiger partial charge in [0.1, 0.15) is 12.6 Å². The van der Waals surface area contributed by atoms with Crippen molar-refractivity contribution in [3.63, 3.8) is 0 Å². The van der Waals surface area contributed by atoms with E-state index in [2.05, 4.69) is 5.32 Å². The summed E-state index contributed by atoms with van der Waals surface area (Å²) >= 11 is 12.8. The zero-order valence-corrected chi connectivity index (χ0v) is 24.1. The zero-order chi connectivity index (χ0) is 29.4. The molecule has 0 spiro atoms. The molecule has 0 bridgehead atoms. The van der Waals surface area contributed by atoms with Crippen LogP contribution in [0, 0.1) is 10.1 Å². The maximum Gasteiger partial charge on any atom is 0.271 e. The van der Waals surface area contributed by atoms with Crippen LogP contribution in [0.3, 0.4) is 0 Å². The molecule has 0 aliphatic heterocycles.